The Balaban J connectivity index is 1.53. The zero-order valence-electron chi connectivity index (χ0n) is 25.8. The molecule has 47 heavy (non-hydrogen) atoms. The molecule has 10 nitrogen and oxygen atoms in total. The Morgan fingerprint density at radius 2 is 1.72 bits per heavy atom. The van der Waals surface area contributed by atoms with Gasteiger partial charge >= 0.3 is 0 Å². The first-order chi connectivity index (χ1) is 22.8. The van der Waals surface area contributed by atoms with Gasteiger partial charge in [0, 0.05) is 37.1 Å². The number of nitrogens with one attached hydrogen (secondary N) is 2. The molecule has 0 aliphatic carbocycles. The summed E-state index contributed by atoms with van der Waals surface area (Å²) < 4.78 is 58.9. The van der Waals surface area contributed by atoms with Crippen molar-refractivity contribution in [3.63, 3.8) is 0 Å². The minimum absolute atomic E-state index is 0.00761. The van der Waals surface area contributed by atoms with Gasteiger partial charge in [0.15, 0.2) is 21.5 Å². The third-order valence-corrected chi connectivity index (χ3v) is 9.45. The van der Waals surface area contributed by atoms with Crippen molar-refractivity contribution in [2.24, 2.45) is 4.99 Å². The molecule has 1 amide bonds. The molecule has 4 aromatic carbocycles. The largest absolute Gasteiger partial charge is 0.497 e. The van der Waals surface area contributed by atoms with Crippen LogP contribution in [0.15, 0.2) is 113 Å². The van der Waals surface area contributed by atoms with Crippen LogP contribution in [0.2, 0.25) is 0 Å². The van der Waals surface area contributed by atoms with Crippen molar-refractivity contribution in [2.75, 3.05) is 26.1 Å². The Labute approximate surface area is 273 Å². The molecule has 0 bridgehead atoms. The van der Waals surface area contributed by atoms with E-state index < -0.39 is 39.0 Å². The summed E-state index contributed by atoms with van der Waals surface area (Å²) in [4.78, 5) is 19.2. The van der Waals surface area contributed by atoms with Gasteiger partial charge in [0.25, 0.3) is 5.91 Å². The predicted molar refractivity (Wildman–Crippen MR) is 174 cm³/mol. The number of hydrazine groups is 1. The Hall–Kier alpha value is -4.78. The molecule has 1 aliphatic heterocycles. The first-order valence-electron chi connectivity index (χ1n) is 15.0. The number of carbonyl (C=O) groups excluding carboxylic acids is 1. The molecule has 1 aliphatic rings. The van der Waals surface area contributed by atoms with Crippen molar-refractivity contribution < 1.29 is 36.9 Å². The molecular weight excluding hydrogens is 625 g/mol. The summed E-state index contributed by atoms with van der Waals surface area (Å²) in [6.45, 7) is 0.313. The normalized spacial score (nSPS) is 17.4. The number of halogens is 1. The molecule has 3 N–H and O–H groups in total. The lowest BCUT2D eigenvalue weighted by Crippen LogP contribution is -2.53. The fourth-order valence-corrected chi connectivity index (χ4v) is 6.57. The van der Waals surface area contributed by atoms with Crippen LogP contribution >= 0.6 is 0 Å². The highest BCUT2D eigenvalue weighted by molar-refractivity contribution is 7.91. The van der Waals surface area contributed by atoms with Crippen LogP contribution in [0.1, 0.15) is 35.6 Å². The van der Waals surface area contributed by atoms with Gasteiger partial charge in [-0.25, -0.2) is 23.2 Å². The fraction of sp³-hybridized carbons (Fsp3) is 0.257. The van der Waals surface area contributed by atoms with E-state index in [0.717, 1.165) is 0 Å². The Kier molecular flexibility index (Phi) is 10.9. The maximum absolute atomic E-state index is 14.3. The van der Waals surface area contributed by atoms with Crippen molar-refractivity contribution >= 4 is 21.6 Å². The van der Waals surface area contributed by atoms with Gasteiger partial charge in [0.1, 0.15) is 17.3 Å². The van der Waals surface area contributed by atoms with Crippen molar-refractivity contribution in [1.82, 2.24) is 10.9 Å². The number of nitrogens with zero attached hydrogens (tertiary/aromatic N) is 1. The van der Waals surface area contributed by atoms with Gasteiger partial charge in [-0.2, -0.15) is 0 Å². The minimum atomic E-state index is -3.84. The van der Waals surface area contributed by atoms with E-state index in [1.54, 1.807) is 84.9 Å². The van der Waals surface area contributed by atoms with Crippen LogP contribution in [0.25, 0.3) is 0 Å². The van der Waals surface area contributed by atoms with Gasteiger partial charge in [-0.15, -0.1) is 0 Å². The van der Waals surface area contributed by atoms with Gasteiger partial charge in [-0.05, 0) is 60.2 Å². The summed E-state index contributed by atoms with van der Waals surface area (Å²) in [5, 5.41) is 9.05. The number of aliphatic hydroxyl groups is 1. The zero-order valence-corrected chi connectivity index (χ0v) is 26.6. The molecular formula is C35H36FN3O7S. The SMILES string of the molecule is COc1cccc([C@@H]2OC(c3ccc(OCCCO)cc3)=N[C@]2(CCS(=O)(=O)c2ccccc2)C(=O)NNCc2ccccc2F)c1. The van der Waals surface area contributed by atoms with E-state index in [4.69, 9.17) is 24.3 Å². The topological polar surface area (TPSA) is 136 Å². The first kappa shape index (κ1) is 33.6. The first-order valence-corrected chi connectivity index (χ1v) is 16.7. The van der Waals surface area contributed by atoms with E-state index in [2.05, 4.69) is 10.9 Å². The molecule has 0 spiro atoms. The summed E-state index contributed by atoms with van der Waals surface area (Å²) in [7, 11) is -2.33. The monoisotopic (exact) mass is 661 g/mol. The Bertz CT molecular complexity index is 1800. The second-order valence-corrected chi connectivity index (χ2v) is 13.0. The van der Waals surface area contributed by atoms with Gasteiger partial charge in [0.2, 0.25) is 5.90 Å². The van der Waals surface area contributed by atoms with Gasteiger partial charge in [-0.1, -0.05) is 48.5 Å². The summed E-state index contributed by atoms with van der Waals surface area (Å²) >= 11 is 0. The van der Waals surface area contributed by atoms with E-state index in [1.165, 1.54) is 25.3 Å². The van der Waals surface area contributed by atoms with E-state index in [0.29, 0.717) is 41.2 Å². The lowest BCUT2D eigenvalue weighted by Gasteiger charge is -2.30. The average molecular weight is 662 g/mol. The maximum atomic E-state index is 14.3. The van der Waals surface area contributed by atoms with Crippen LogP contribution < -0.4 is 20.3 Å². The summed E-state index contributed by atoms with van der Waals surface area (Å²) in [5.74, 6) is -0.325. The molecule has 0 aromatic heterocycles. The molecule has 0 fully saturated rings. The van der Waals surface area contributed by atoms with E-state index in [1.807, 2.05) is 0 Å². The molecule has 0 radical (unpaired) electrons. The number of hydrogen-bond acceptors (Lipinski definition) is 9. The standard InChI is InChI=1S/C35H36FN3O7S/c1-44-29-11-7-10-26(23-29)32-35(19-22-47(42,43)30-12-3-2-4-13-30,34(41)39-37-24-27-9-5-6-14-31(27)36)38-33(46-32)25-15-17-28(18-16-25)45-21-8-20-40/h2-7,9-18,23,32,37,40H,8,19-22,24H2,1H3,(H,39,41)/t32-,35-/m0/s1. The molecule has 1 heterocycles. The predicted octanol–water partition coefficient (Wildman–Crippen LogP) is 4.54. The van der Waals surface area contributed by atoms with Crippen molar-refractivity contribution in [2.45, 2.75) is 35.9 Å². The number of amides is 1. The zero-order chi connectivity index (χ0) is 33.3. The number of carbonyl (C=O) groups is 1. The lowest BCUT2D eigenvalue weighted by molar-refractivity contribution is -0.130. The maximum Gasteiger partial charge on any atom is 0.266 e. The Morgan fingerprint density at radius 1 is 0.979 bits per heavy atom. The summed E-state index contributed by atoms with van der Waals surface area (Å²) in [5.41, 5.74) is 5.05. The van der Waals surface area contributed by atoms with Gasteiger partial charge < -0.3 is 19.3 Å². The number of methoxy groups -OCH3 is 1. The van der Waals surface area contributed by atoms with Crippen molar-refractivity contribution in [1.29, 1.82) is 0 Å². The second-order valence-electron chi connectivity index (χ2n) is 10.8. The summed E-state index contributed by atoms with van der Waals surface area (Å²) in [6, 6.07) is 28.0. The van der Waals surface area contributed by atoms with Crippen LogP contribution in [-0.4, -0.2) is 56.9 Å². The molecule has 0 unspecified atom stereocenters. The van der Waals surface area contributed by atoms with Crippen LogP contribution in [-0.2, 0) is 25.9 Å². The van der Waals surface area contributed by atoms with E-state index in [-0.39, 0.29) is 30.4 Å². The third-order valence-electron chi connectivity index (χ3n) is 7.72. The highest BCUT2D eigenvalue weighted by Gasteiger charge is 2.53. The smallest absolute Gasteiger partial charge is 0.266 e. The highest BCUT2D eigenvalue weighted by Crippen LogP contribution is 2.43. The second kappa shape index (κ2) is 15.2. The van der Waals surface area contributed by atoms with Gasteiger partial charge in [-0.3, -0.25) is 10.2 Å². The molecule has 5 rings (SSSR count). The number of sulfone groups is 1. The Morgan fingerprint density at radius 3 is 2.45 bits per heavy atom. The average Bonchev–Trinajstić information content (AvgIpc) is 3.50. The summed E-state index contributed by atoms with van der Waals surface area (Å²) in [6.07, 6.45) is -0.825. The van der Waals surface area contributed by atoms with E-state index >= 15 is 0 Å². The number of hydrogen-bond donors (Lipinski definition) is 3. The van der Waals surface area contributed by atoms with Crippen molar-refractivity contribution in [3.05, 3.63) is 126 Å². The van der Waals surface area contributed by atoms with Crippen LogP contribution in [0.5, 0.6) is 11.5 Å². The minimum Gasteiger partial charge on any atom is -0.497 e. The van der Waals surface area contributed by atoms with E-state index in [9.17, 15) is 17.6 Å². The fourth-order valence-electron chi connectivity index (χ4n) is 5.18. The number of aliphatic hydroxyl groups excluding tert-OH is 1. The van der Waals surface area contributed by atoms with Crippen LogP contribution in [0.3, 0.4) is 0 Å². The molecule has 12 heteroatoms. The number of rotatable bonds is 15. The van der Waals surface area contributed by atoms with Crippen LogP contribution in [0.4, 0.5) is 4.39 Å². The molecule has 246 valence electrons. The molecule has 0 saturated carbocycles. The quantitative estimate of drug-likeness (QED) is 0.125. The highest BCUT2D eigenvalue weighted by atomic mass is 32.2. The molecule has 2 atom stereocenters. The number of ether oxygens (including phenoxy) is 3. The number of benzene rings is 4. The van der Waals surface area contributed by atoms with Crippen molar-refractivity contribution in [3.8, 4) is 11.5 Å². The van der Waals surface area contributed by atoms with Crippen LogP contribution in [0, 0.1) is 5.82 Å². The lowest BCUT2D eigenvalue weighted by atomic mass is 9.85. The molecule has 0 saturated heterocycles. The molecule has 4 aromatic rings. The van der Waals surface area contributed by atoms with Gasteiger partial charge in [0.05, 0.1) is 24.4 Å². The number of aliphatic imine (C=N–C) groups is 1. The third kappa shape index (κ3) is 7.97.